The Labute approximate surface area is 201 Å². The van der Waals surface area contributed by atoms with Crippen molar-refractivity contribution in [1.29, 1.82) is 0 Å². The van der Waals surface area contributed by atoms with Crippen molar-refractivity contribution >= 4 is 29.4 Å². The van der Waals surface area contributed by atoms with Crippen LogP contribution in [0.5, 0.6) is 0 Å². The zero-order chi connectivity index (χ0) is 24.2. The third kappa shape index (κ3) is 5.00. The fraction of sp³-hybridized carbons (Fsp3) is 0.231. The Morgan fingerprint density at radius 2 is 1.59 bits per heavy atom. The molecule has 2 unspecified atom stereocenters. The van der Waals surface area contributed by atoms with Crippen LogP contribution < -0.4 is 0 Å². The van der Waals surface area contributed by atoms with Gasteiger partial charge in [0.05, 0.1) is 28.8 Å². The van der Waals surface area contributed by atoms with Crippen molar-refractivity contribution < 1.29 is 24.6 Å². The van der Waals surface area contributed by atoms with E-state index in [1.54, 1.807) is 42.6 Å². The van der Waals surface area contributed by atoms with Gasteiger partial charge >= 0.3 is 5.97 Å². The number of aliphatic hydroxyl groups excluding tert-OH is 1. The number of aliphatic carboxylic acids is 1. The molecular weight excluding hydrogens is 456 g/mol. The number of aliphatic hydroxyl groups is 1. The number of benzene rings is 2. The number of fused-ring (bicyclic) bond motifs is 1. The van der Waals surface area contributed by atoms with Crippen LogP contribution in [0.3, 0.4) is 0 Å². The summed E-state index contributed by atoms with van der Waals surface area (Å²) < 4.78 is 0. The monoisotopic (exact) mass is 478 g/mol. The fourth-order valence-electron chi connectivity index (χ4n) is 4.07. The first kappa shape index (κ1) is 23.6. The Hall–Kier alpha value is -3.55. The Morgan fingerprint density at radius 1 is 0.941 bits per heavy atom. The van der Waals surface area contributed by atoms with Crippen LogP contribution in [-0.2, 0) is 11.2 Å². The van der Waals surface area contributed by atoms with Crippen molar-refractivity contribution in [1.82, 2.24) is 9.88 Å². The number of aryl methyl sites for hydroxylation is 1. The Bertz CT molecular complexity index is 1180. The molecule has 2 aromatic carbocycles. The third-order valence-corrected chi connectivity index (χ3v) is 6.27. The number of hydrogen-bond acceptors (Lipinski definition) is 5. The molecule has 2 amide bonds. The molecule has 7 nitrogen and oxygen atoms in total. The zero-order valence-corrected chi connectivity index (χ0v) is 19.0. The number of carboxylic acid groups (broad SMARTS) is 1. The summed E-state index contributed by atoms with van der Waals surface area (Å²) in [4.78, 5) is 42.3. The Kier molecular flexibility index (Phi) is 7.05. The molecule has 1 aliphatic rings. The SMILES string of the molecule is O=C(O)C(CCN1C(=O)c2ccccc2C1=O)C(O)CCc1ccc(-c2ccc(Cl)cc2)nc1. The summed E-state index contributed by atoms with van der Waals surface area (Å²) in [5.41, 5.74) is 3.20. The van der Waals surface area contributed by atoms with Crippen LogP contribution in [0.25, 0.3) is 11.3 Å². The highest BCUT2D eigenvalue weighted by Gasteiger charge is 2.36. The molecule has 2 heterocycles. The molecule has 0 saturated carbocycles. The molecule has 8 heteroatoms. The van der Waals surface area contributed by atoms with Gasteiger partial charge in [0.1, 0.15) is 0 Å². The molecule has 0 aliphatic carbocycles. The van der Waals surface area contributed by atoms with Crippen molar-refractivity contribution in [3.63, 3.8) is 0 Å². The van der Waals surface area contributed by atoms with E-state index in [9.17, 15) is 24.6 Å². The lowest BCUT2D eigenvalue weighted by Crippen LogP contribution is -2.36. The number of carbonyl (C=O) groups excluding carboxylic acids is 2. The highest BCUT2D eigenvalue weighted by Crippen LogP contribution is 2.25. The summed E-state index contributed by atoms with van der Waals surface area (Å²) in [7, 11) is 0. The molecule has 4 rings (SSSR count). The lowest BCUT2D eigenvalue weighted by molar-refractivity contribution is -0.146. The smallest absolute Gasteiger partial charge is 0.309 e. The number of pyridine rings is 1. The van der Waals surface area contributed by atoms with Crippen molar-refractivity contribution in [3.05, 3.63) is 88.6 Å². The summed E-state index contributed by atoms with van der Waals surface area (Å²) in [6, 6.07) is 17.6. The normalized spacial score (nSPS) is 14.7. The number of carbonyl (C=O) groups is 3. The van der Waals surface area contributed by atoms with Crippen LogP contribution in [0.15, 0.2) is 66.9 Å². The highest BCUT2D eigenvalue weighted by atomic mass is 35.5. The minimum atomic E-state index is -1.17. The molecule has 1 aromatic heterocycles. The van der Waals surface area contributed by atoms with E-state index in [0.717, 1.165) is 21.7 Å². The molecule has 174 valence electrons. The van der Waals surface area contributed by atoms with E-state index < -0.39 is 29.8 Å². The van der Waals surface area contributed by atoms with Gasteiger partial charge in [-0.05, 0) is 55.2 Å². The number of amides is 2. The van der Waals surface area contributed by atoms with E-state index in [4.69, 9.17) is 11.6 Å². The number of imide groups is 1. The van der Waals surface area contributed by atoms with E-state index in [2.05, 4.69) is 4.98 Å². The number of hydrogen-bond donors (Lipinski definition) is 2. The summed E-state index contributed by atoms with van der Waals surface area (Å²) in [5.74, 6) is -3.15. The first-order chi connectivity index (χ1) is 16.3. The van der Waals surface area contributed by atoms with Gasteiger partial charge in [-0.1, -0.05) is 41.9 Å². The van der Waals surface area contributed by atoms with E-state index in [1.807, 2.05) is 24.3 Å². The minimum absolute atomic E-state index is 0.0320. The van der Waals surface area contributed by atoms with E-state index >= 15 is 0 Å². The number of halogens is 1. The third-order valence-electron chi connectivity index (χ3n) is 6.02. The van der Waals surface area contributed by atoms with Gasteiger partial charge in [-0.2, -0.15) is 0 Å². The second-order valence-electron chi connectivity index (χ2n) is 8.21. The molecule has 2 N–H and O–H groups in total. The summed E-state index contributed by atoms with van der Waals surface area (Å²) in [6.45, 7) is -0.0717. The van der Waals surface area contributed by atoms with Crippen LogP contribution >= 0.6 is 11.6 Å². The molecule has 0 fully saturated rings. The standard InChI is InChI=1S/C26H23ClN2O5/c27-18-9-7-17(8-10-18)22-11-5-16(15-28-22)6-12-23(30)21(26(33)34)13-14-29-24(31)19-3-1-2-4-20(19)25(29)32/h1-5,7-11,15,21,23,30H,6,12-14H2,(H,33,34). The molecule has 2 atom stereocenters. The van der Waals surface area contributed by atoms with Gasteiger partial charge in [-0.15, -0.1) is 0 Å². The van der Waals surface area contributed by atoms with Gasteiger partial charge in [0.15, 0.2) is 0 Å². The molecule has 0 radical (unpaired) electrons. The molecule has 0 bridgehead atoms. The van der Waals surface area contributed by atoms with Crippen molar-refractivity contribution in [2.45, 2.75) is 25.4 Å². The van der Waals surface area contributed by atoms with E-state index in [1.165, 1.54) is 0 Å². The lowest BCUT2D eigenvalue weighted by Gasteiger charge is -2.22. The van der Waals surface area contributed by atoms with Crippen LogP contribution in [-0.4, -0.2) is 50.5 Å². The second-order valence-corrected chi connectivity index (χ2v) is 8.64. The average Bonchev–Trinajstić information content (AvgIpc) is 3.08. The first-order valence-electron chi connectivity index (χ1n) is 10.9. The minimum Gasteiger partial charge on any atom is -0.481 e. The number of rotatable bonds is 9. The molecular formula is C26H23ClN2O5. The van der Waals surface area contributed by atoms with E-state index in [-0.39, 0.29) is 19.4 Å². The number of carboxylic acids is 1. The maximum atomic E-state index is 12.5. The van der Waals surface area contributed by atoms with Gasteiger partial charge < -0.3 is 10.2 Å². The van der Waals surface area contributed by atoms with Crippen molar-refractivity contribution in [2.75, 3.05) is 6.54 Å². The van der Waals surface area contributed by atoms with Gasteiger partial charge in [0, 0.05) is 23.3 Å². The summed E-state index contributed by atoms with van der Waals surface area (Å²) in [5, 5.41) is 20.9. The average molecular weight is 479 g/mol. The maximum absolute atomic E-state index is 12.5. The van der Waals surface area contributed by atoms with Crippen molar-refractivity contribution in [3.8, 4) is 11.3 Å². The maximum Gasteiger partial charge on any atom is 0.309 e. The molecule has 34 heavy (non-hydrogen) atoms. The number of aromatic nitrogens is 1. The number of nitrogens with zero attached hydrogens (tertiary/aromatic N) is 2. The summed E-state index contributed by atoms with van der Waals surface area (Å²) in [6.07, 6.45) is 1.18. The predicted molar refractivity (Wildman–Crippen MR) is 127 cm³/mol. The Balaban J connectivity index is 1.34. The molecule has 3 aromatic rings. The van der Waals surface area contributed by atoms with Gasteiger partial charge in [-0.3, -0.25) is 24.3 Å². The Morgan fingerprint density at radius 3 is 2.15 bits per heavy atom. The first-order valence-corrected chi connectivity index (χ1v) is 11.3. The molecule has 1 aliphatic heterocycles. The second kappa shape index (κ2) is 10.2. The predicted octanol–water partition coefficient (Wildman–Crippen LogP) is 4.08. The van der Waals surface area contributed by atoms with Crippen LogP contribution in [0, 0.1) is 5.92 Å². The van der Waals surface area contributed by atoms with Gasteiger partial charge in [0.2, 0.25) is 0 Å². The molecule has 0 saturated heterocycles. The van der Waals surface area contributed by atoms with Gasteiger partial charge in [-0.25, -0.2) is 0 Å². The summed E-state index contributed by atoms with van der Waals surface area (Å²) >= 11 is 5.92. The highest BCUT2D eigenvalue weighted by molar-refractivity contribution is 6.30. The van der Waals surface area contributed by atoms with Crippen LogP contribution in [0.4, 0.5) is 0 Å². The topological polar surface area (TPSA) is 108 Å². The fourth-order valence-corrected chi connectivity index (χ4v) is 4.20. The quantitative estimate of drug-likeness (QED) is 0.448. The zero-order valence-electron chi connectivity index (χ0n) is 18.2. The van der Waals surface area contributed by atoms with E-state index in [0.29, 0.717) is 22.6 Å². The van der Waals surface area contributed by atoms with Crippen molar-refractivity contribution in [2.24, 2.45) is 5.92 Å². The van der Waals surface area contributed by atoms with Gasteiger partial charge in [0.25, 0.3) is 11.8 Å². The molecule has 0 spiro atoms. The lowest BCUT2D eigenvalue weighted by atomic mass is 9.93. The largest absolute Gasteiger partial charge is 0.481 e. The van der Waals surface area contributed by atoms with Crippen LogP contribution in [0.2, 0.25) is 5.02 Å². The van der Waals surface area contributed by atoms with Crippen LogP contribution in [0.1, 0.15) is 39.1 Å².